The Morgan fingerprint density at radius 2 is 1.54 bits per heavy atom. The molecule has 0 bridgehead atoms. The second kappa shape index (κ2) is 5.64. The number of rotatable bonds is 2. The summed E-state index contributed by atoms with van der Waals surface area (Å²) in [6.45, 7) is 0. The standard InChI is InChI=1S/C25H19N3/c26-17-8-10-19-15(13-17)12-16-14-18(9-11-20(16)19)27-24-7-3-5-22-21-4-1-2-6-23(21)28-25(22)24/h1-11,13-14,27-28H,12,26H2. The maximum absolute atomic E-state index is 5.97. The van der Waals surface area contributed by atoms with E-state index in [0.717, 1.165) is 34.5 Å². The predicted octanol–water partition coefficient (Wildman–Crippen LogP) is 6.22. The van der Waals surface area contributed by atoms with E-state index >= 15 is 0 Å². The Hall–Kier alpha value is -3.72. The molecule has 28 heavy (non-hydrogen) atoms. The molecule has 1 heterocycles. The lowest BCUT2D eigenvalue weighted by Crippen LogP contribution is -1.92. The minimum atomic E-state index is 0.829. The number of nitrogens with one attached hydrogen (secondary N) is 2. The SMILES string of the molecule is Nc1ccc2c(c1)Cc1cc(Nc3cccc4c3[nH]c3ccccc34)ccc1-2. The van der Waals surface area contributed by atoms with Crippen LogP contribution in [0.25, 0.3) is 32.9 Å². The van der Waals surface area contributed by atoms with Crippen LogP contribution in [-0.4, -0.2) is 4.98 Å². The second-order valence-corrected chi connectivity index (χ2v) is 7.49. The van der Waals surface area contributed by atoms with E-state index < -0.39 is 0 Å². The summed E-state index contributed by atoms with van der Waals surface area (Å²) >= 11 is 0. The lowest BCUT2D eigenvalue weighted by Gasteiger charge is -2.10. The first-order valence-corrected chi connectivity index (χ1v) is 9.54. The molecular weight excluding hydrogens is 342 g/mol. The zero-order chi connectivity index (χ0) is 18.7. The number of anilines is 3. The summed E-state index contributed by atoms with van der Waals surface area (Å²) < 4.78 is 0. The first-order chi connectivity index (χ1) is 13.8. The van der Waals surface area contributed by atoms with Crippen molar-refractivity contribution in [2.24, 2.45) is 0 Å². The highest BCUT2D eigenvalue weighted by molar-refractivity contribution is 6.11. The van der Waals surface area contributed by atoms with Crippen molar-refractivity contribution in [2.75, 3.05) is 11.1 Å². The van der Waals surface area contributed by atoms with Gasteiger partial charge in [-0.25, -0.2) is 0 Å². The molecule has 1 aromatic heterocycles. The number of nitrogen functional groups attached to an aromatic ring is 1. The van der Waals surface area contributed by atoms with Crippen molar-refractivity contribution in [3.8, 4) is 11.1 Å². The quantitative estimate of drug-likeness (QED) is 0.321. The summed E-state index contributed by atoms with van der Waals surface area (Å²) in [6.07, 6.45) is 0.932. The molecule has 134 valence electrons. The number of para-hydroxylation sites is 2. The minimum Gasteiger partial charge on any atom is -0.399 e. The fourth-order valence-electron chi connectivity index (χ4n) is 4.44. The number of hydrogen-bond donors (Lipinski definition) is 3. The van der Waals surface area contributed by atoms with Gasteiger partial charge < -0.3 is 16.0 Å². The Bertz CT molecular complexity index is 1380. The van der Waals surface area contributed by atoms with Gasteiger partial charge in [-0.3, -0.25) is 0 Å². The molecule has 0 saturated heterocycles. The second-order valence-electron chi connectivity index (χ2n) is 7.49. The van der Waals surface area contributed by atoms with Gasteiger partial charge in [0.25, 0.3) is 0 Å². The van der Waals surface area contributed by atoms with Crippen LogP contribution in [0.5, 0.6) is 0 Å². The number of benzene rings is 4. The molecule has 3 nitrogen and oxygen atoms in total. The molecule has 3 heteroatoms. The normalized spacial score (nSPS) is 12.3. The number of nitrogens with two attached hydrogens (primary N) is 1. The molecule has 0 spiro atoms. The number of H-pyrrole nitrogens is 1. The maximum Gasteiger partial charge on any atom is 0.0704 e. The minimum absolute atomic E-state index is 0.829. The zero-order valence-corrected chi connectivity index (χ0v) is 15.3. The monoisotopic (exact) mass is 361 g/mol. The fraction of sp³-hybridized carbons (Fsp3) is 0.0400. The lowest BCUT2D eigenvalue weighted by molar-refractivity contribution is 1.26. The molecule has 4 N–H and O–H groups in total. The molecule has 0 aliphatic heterocycles. The van der Waals surface area contributed by atoms with Crippen LogP contribution in [0.15, 0.2) is 78.9 Å². The largest absolute Gasteiger partial charge is 0.399 e. The molecule has 0 unspecified atom stereocenters. The summed E-state index contributed by atoms with van der Waals surface area (Å²) in [5.74, 6) is 0. The molecule has 0 radical (unpaired) electrons. The van der Waals surface area contributed by atoms with Gasteiger partial charge in [-0.15, -0.1) is 0 Å². The molecule has 4 aromatic carbocycles. The molecule has 0 amide bonds. The Morgan fingerprint density at radius 1 is 0.750 bits per heavy atom. The maximum atomic E-state index is 5.97. The Balaban J connectivity index is 1.41. The van der Waals surface area contributed by atoms with E-state index in [0.29, 0.717) is 0 Å². The van der Waals surface area contributed by atoms with Gasteiger partial charge in [0, 0.05) is 27.7 Å². The lowest BCUT2D eigenvalue weighted by atomic mass is 10.0. The van der Waals surface area contributed by atoms with Gasteiger partial charge in [0.05, 0.1) is 11.2 Å². The van der Waals surface area contributed by atoms with Crippen molar-refractivity contribution >= 4 is 38.9 Å². The van der Waals surface area contributed by atoms with E-state index in [9.17, 15) is 0 Å². The van der Waals surface area contributed by atoms with Crippen molar-refractivity contribution < 1.29 is 0 Å². The highest BCUT2D eigenvalue weighted by atomic mass is 14.9. The van der Waals surface area contributed by atoms with Crippen LogP contribution >= 0.6 is 0 Å². The average Bonchev–Trinajstić information content (AvgIpc) is 3.26. The Morgan fingerprint density at radius 3 is 2.46 bits per heavy atom. The summed E-state index contributed by atoms with van der Waals surface area (Å²) in [7, 11) is 0. The van der Waals surface area contributed by atoms with Crippen LogP contribution in [0.2, 0.25) is 0 Å². The molecule has 0 atom stereocenters. The van der Waals surface area contributed by atoms with E-state index in [1.165, 1.54) is 33.0 Å². The third-order valence-electron chi connectivity index (χ3n) is 5.73. The van der Waals surface area contributed by atoms with Crippen molar-refractivity contribution in [1.82, 2.24) is 4.98 Å². The van der Waals surface area contributed by atoms with Crippen molar-refractivity contribution in [3.05, 3.63) is 90.0 Å². The van der Waals surface area contributed by atoms with E-state index in [2.05, 4.69) is 83.1 Å². The third kappa shape index (κ3) is 2.23. The average molecular weight is 361 g/mol. The van der Waals surface area contributed by atoms with Crippen LogP contribution in [0.4, 0.5) is 17.1 Å². The summed E-state index contributed by atoms with van der Waals surface area (Å²) in [6, 6.07) is 27.7. The van der Waals surface area contributed by atoms with E-state index in [1.54, 1.807) is 0 Å². The predicted molar refractivity (Wildman–Crippen MR) is 118 cm³/mol. The van der Waals surface area contributed by atoms with Crippen LogP contribution in [-0.2, 0) is 6.42 Å². The topological polar surface area (TPSA) is 53.8 Å². The van der Waals surface area contributed by atoms with Gasteiger partial charge in [-0.1, -0.05) is 42.5 Å². The van der Waals surface area contributed by atoms with Gasteiger partial charge in [0.1, 0.15) is 0 Å². The van der Waals surface area contributed by atoms with Gasteiger partial charge in [-0.2, -0.15) is 0 Å². The van der Waals surface area contributed by atoms with Gasteiger partial charge in [-0.05, 0) is 65.1 Å². The third-order valence-corrected chi connectivity index (χ3v) is 5.73. The van der Waals surface area contributed by atoms with Crippen molar-refractivity contribution in [2.45, 2.75) is 6.42 Å². The first kappa shape index (κ1) is 15.3. The van der Waals surface area contributed by atoms with Crippen LogP contribution < -0.4 is 11.1 Å². The summed E-state index contributed by atoms with van der Waals surface area (Å²) in [5.41, 5.74) is 16.6. The molecular formula is C25H19N3. The Labute approximate surface area is 162 Å². The van der Waals surface area contributed by atoms with E-state index in [1.807, 2.05) is 6.07 Å². The summed E-state index contributed by atoms with van der Waals surface area (Å²) in [5, 5.41) is 6.11. The van der Waals surface area contributed by atoms with Gasteiger partial charge >= 0.3 is 0 Å². The number of fused-ring (bicyclic) bond motifs is 6. The van der Waals surface area contributed by atoms with Crippen molar-refractivity contribution in [3.63, 3.8) is 0 Å². The van der Waals surface area contributed by atoms with Crippen LogP contribution in [0, 0.1) is 0 Å². The number of hydrogen-bond acceptors (Lipinski definition) is 2. The first-order valence-electron chi connectivity index (χ1n) is 9.54. The highest BCUT2D eigenvalue weighted by Gasteiger charge is 2.19. The molecule has 1 aliphatic rings. The molecule has 6 rings (SSSR count). The number of aromatic amines is 1. The molecule has 0 fully saturated rings. The van der Waals surface area contributed by atoms with Crippen LogP contribution in [0.3, 0.4) is 0 Å². The zero-order valence-electron chi connectivity index (χ0n) is 15.3. The summed E-state index contributed by atoms with van der Waals surface area (Å²) in [4.78, 5) is 3.56. The Kier molecular flexibility index (Phi) is 3.09. The smallest absolute Gasteiger partial charge is 0.0704 e. The van der Waals surface area contributed by atoms with Crippen molar-refractivity contribution in [1.29, 1.82) is 0 Å². The molecule has 5 aromatic rings. The van der Waals surface area contributed by atoms with E-state index in [4.69, 9.17) is 5.73 Å². The van der Waals surface area contributed by atoms with Gasteiger partial charge in [0.2, 0.25) is 0 Å². The van der Waals surface area contributed by atoms with E-state index in [-0.39, 0.29) is 0 Å². The van der Waals surface area contributed by atoms with Gasteiger partial charge in [0.15, 0.2) is 0 Å². The highest BCUT2D eigenvalue weighted by Crippen LogP contribution is 2.39. The van der Waals surface area contributed by atoms with Crippen LogP contribution in [0.1, 0.15) is 11.1 Å². The molecule has 1 aliphatic carbocycles. The molecule has 0 saturated carbocycles. The number of aromatic nitrogens is 1. The fourth-order valence-corrected chi connectivity index (χ4v) is 4.44.